The zero-order valence-corrected chi connectivity index (χ0v) is 8.60. The van der Waals surface area contributed by atoms with Crippen LogP contribution in [-0.2, 0) is 4.79 Å². The van der Waals surface area contributed by atoms with E-state index in [1.54, 1.807) is 0 Å². The Morgan fingerprint density at radius 3 is 2.15 bits per heavy atom. The van der Waals surface area contributed by atoms with E-state index in [2.05, 4.69) is 0 Å². The van der Waals surface area contributed by atoms with E-state index < -0.39 is 12.2 Å². The predicted molar refractivity (Wildman–Crippen MR) is 51.3 cm³/mol. The second-order valence-corrected chi connectivity index (χ2v) is 4.05. The Morgan fingerprint density at radius 2 is 1.77 bits per heavy atom. The fourth-order valence-corrected chi connectivity index (χ4v) is 1.26. The lowest BCUT2D eigenvalue weighted by Gasteiger charge is -2.22. The van der Waals surface area contributed by atoms with Gasteiger partial charge in [-0.05, 0) is 18.3 Å². The van der Waals surface area contributed by atoms with E-state index in [9.17, 15) is 15.0 Å². The third kappa shape index (κ3) is 5.01. The van der Waals surface area contributed by atoms with Crippen LogP contribution in [0.1, 0.15) is 33.6 Å². The van der Waals surface area contributed by atoms with Crippen LogP contribution in [0, 0.1) is 11.8 Å². The molecule has 0 heterocycles. The molecule has 3 nitrogen and oxygen atoms in total. The molecule has 3 unspecified atom stereocenters. The van der Waals surface area contributed by atoms with Crippen molar-refractivity contribution in [1.29, 1.82) is 0 Å². The minimum Gasteiger partial charge on any atom is -0.390 e. The van der Waals surface area contributed by atoms with Crippen molar-refractivity contribution < 1.29 is 15.0 Å². The van der Waals surface area contributed by atoms with Gasteiger partial charge in [-0.3, -0.25) is 0 Å². The molecule has 78 valence electrons. The highest BCUT2D eigenvalue weighted by molar-refractivity contribution is 5.49. The second-order valence-electron chi connectivity index (χ2n) is 4.05. The number of carbonyl (C=O) groups excluding carboxylic acids is 1. The van der Waals surface area contributed by atoms with Crippen molar-refractivity contribution in [3.63, 3.8) is 0 Å². The van der Waals surface area contributed by atoms with E-state index >= 15 is 0 Å². The fourth-order valence-electron chi connectivity index (χ4n) is 1.26. The van der Waals surface area contributed by atoms with Crippen LogP contribution in [0.4, 0.5) is 0 Å². The summed E-state index contributed by atoms with van der Waals surface area (Å²) in [6, 6.07) is 0. The first-order chi connectivity index (χ1) is 5.99. The van der Waals surface area contributed by atoms with Gasteiger partial charge in [0.15, 0.2) is 0 Å². The van der Waals surface area contributed by atoms with E-state index in [1.165, 1.54) is 0 Å². The summed E-state index contributed by atoms with van der Waals surface area (Å²) in [6.07, 6.45) is 0.378. The molecule has 0 aromatic heterocycles. The van der Waals surface area contributed by atoms with Crippen LogP contribution >= 0.6 is 0 Å². The van der Waals surface area contributed by atoms with E-state index in [0.717, 1.165) is 6.29 Å². The maximum Gasteiger partial charge on any atom is 0.120 e. The van der Waals surface area contributed by atoms with E-state index in [-0.39, 0.29) is 11.8 Å². The summed E-state index contributed by atoms with van der Waals surface area (Å²) < 4.78 is 0. The lowest BCUT2D eigenvalue weighted by molar-refractivity contribution is -0.108. The quantitative estimate of drug-likeness (QED) is 0.611. The fraction of sp³-hybridized carbons (Fsp3) is 0.900. The molecule has 2 N–H and O–H groups in total. The van der Waals surface area contributed by atoms with E-state index in [1.807, 2.05) is 20.8 Å². The van der Waals surface area contributed by atoms with Gasteiger partial charge < -0.3 is 15.0 Å². The number of carbonyl (C=O) groups is 1. The zero-order chi connectivity index (χ0) is 10.4. The smallest absolute Gasteiger partial charge is 0.120 e. The van der Waals surface area contributed by atoms with Gasteiger partial charge in [-0.2, -0.15) is 0 Å². The molecule has 0 aromatic carbocycles. The number of aldehydes is 1. The van der Waals surface area contributed by atoms with Crippen molar-refractivity contribution in [3.8, 4) is 0 Å². The Morgan fingerprint density at radius 1 is 1.23 bits per heavy atom. The number of aliphatic hydroxyl groups is 2. The second kappa shape index (κ2) is 6.11. The first-order valence-corrected chi connectivity index (χ1v) is 4.78. The summed E-state index contributed by atoms with van der Waals surface area (Å²) in [4.78, 5) is 10.2. The first kappa shape index (κ1) is 12.6. The minimum atomic E-state index is -0.713. The highest BCUT2D eigenvalue weighted by atomic mass is 16.3. The number of hydrogen-bond acceptors (Lipinski definition) is 3. The van der Waals surface area contributed by atoms with Gasteiger partial charge in [0.05, 0.1) is 12.2 Å². The Hall–Kier alpha value is -0.410. The molecule has 0 aliphatic carbocycles. The van der Waals surface area contributed by atoms with Crippen molar-refractivity contribution in [2.75, 3.05) is 0 Å². The summed E-state index contributed by atoms with van der Waals surface area (Å²) in [5.74, 6) is 0.194. The molecule has 0 aromatic rings. The number of rotatable bonds is 6. The van der Waals surface area contributed by atoms with Gasteiger partial charge in [-0.25, -0.2) is 0 Å². The molecule has 3 atom stereocenters. The maximum absolute atomic E-state index is 10.2. The summed E-state index contributed by atoms with van der Waals surface area (Å²) in [5, 5.41) is 19.0. The Labute approximate surface area is 79.8 Å². The highest BCUT2D eigenvalue weighted by Crippen LogP contribution is 2.15. The van der Waals surface area contributed by atoms with Crippen LogP contribution < -0.4 is 0 Å². The van der Waals surface area contributed by atoms with Crippen LogP contribution in [0.3, 0.4) is 0 Å². The first-order valence-electron chi connectivity index (χ1n) is 4.78. The molecule has 0 aliphatic heterocycles. The highest BCUT2D eigenvalue weighted by Gasteiger charge is 2.21. The monoisotopic (exact) mass is 188 g/mol. The standard InChI is InChI=1S/C10H20O3/c1-7(2)10(13)9(12)6-8(3)4-5-11/h5,7-10,12-13H,4,6H2,1-3H3. The minimum absolute atomic E-state index is 0.0541. The summed E-state index contributed by atoms with van der Waals surface area (Å²) in [6.45, 7) is 5.61. The molecule has 0 fully saturated rings. The maximum atomic E-state index is 10.2. The molecular formula is C10H20O3. The lowest BCUT2D eigenvalue weighted by atomic mass is 9.93. The molecule has 0 saturated heterocycles. The predicted octanol–water partition coefficient (Wildman–Crippen LogP) is 0.979. The SMILES string of the molecule is CC(CC=O)CC(O)C(O)C(C)C. The molecule has 0 amide bonds. The molecule has 0 spiro atoms. The van der Waals surface area contributed by atoms with Crippen LogP contribution in [-0.4, -0.2) is 28.7 Å². The van der Waals surface area contributed by atoms with Gasteiger partial charge in [0.25, 0.3) is 0 Å². The van der Waals surface area contributed by atoms with Crippen molar-refractivity contribution in [1.82, 2.24) is 0 Å². The normalized spacial score (nSPS) is 18.3. The Kier molecular flexibility index (Phi) is 5.91. The molecular weight excluding hydrogens is 168 g/mol. The van der Waals surface area contributed by atoms with Crippen LogP contribution in [0.15, 0.2) is 0 Å². The van der Waals surface area contributed by atoms with Gasteiger partial charge in [0.2, 0.25) is 0 Å². The molecule has 0 saturated carbocycles. The van der Waals surface area contributed by atoms with Gasteiger partial charge in [-0.15, -0.1) is 0 Å². The van der Waals surface area contributed by atoms with Crippen molar-refractivity contribution in [2.24, 2.45) is 11.8 Å². The zero-order valence-electron chi connectivity index (χ0n) is 8.60. The molecule has 0 aliphatic rings. The average molecular weight is 188 g/mol. The number of hydrogen-bond donors (Lipinski definition) is 2. The van der Waals surface area contributed by atoms with Crippen molar-refractivity contribution in [3.05, 3.63) is 0 Å². The Bertz CT molecular complexity index is 145. The molecule has 3 heteroatoms. The van der Waals surface area contributed by atoms with Gasteiger partial charge in [-0.1, -0.05) is 20.8 Å². The van der Waals surface area contributed by atoms with Crippen LogP contribution in [0.25, 0.3) is 0 Å². The van der Waals surface area contributed by atoms with E-state index in [0.29, 0.717) is 12.8 Å². The third-order valence-corrected chi connectivity index (χ3v) is 2.22. The molecule has 13 heavy (non-hydrogen) atoms. The summed E-state index contributed by atoms with van der Waals surface area (Å²) in [7, 11) is 0. The van der Waals surface area contributed by atoms with Gasteiger partial charge >= 0.3 is 0 Å². The van der Waals surface area contributed by atoms with E-state index in [4.69, 9.17) is 0 Å². The van der Waals surface area contributed by atoms with Crippen LogP contribution in [0.5, 0.6) is 0 Å². The van der Waals surface area contributed by atoms with Gasteiger partial charge in [0.1, 0.15) is 6.29 Å². The van der Waals surface area contributed by atoms with Crippen LogP contribution in [0.2, 0.25) is 0 Å². The van der Waals surface area contributed by atoms with Crippen molar-refractivity contribution >= 4 is 6.29 Å². The lowest BCUT2D eigenvalue weighted by Crippen LogP contribution is -2.32. The summed E-state index contributed by atoms with van der Waals surface area (Å²) >= 11 is 0. The summed E-state index contributed by atoms with van der Waals surface area (Å²) in [5.41, 5.74) is 0. The topological polar surface area (TPSA) is 57.5 Å². The number of aliphatic hydroxyl groups excluding tert-OH is 2. The average Bonchev–Trinajstić information content (AvgIpc) is 2.03. The Balaban J connectivity index is 3.84. The largest absolute Gasteiger partial charge is 0.390 e. The van der Waals surface area contributed by atoms with Gasteiger partial charge in [0, 0.05) is 6.42 Å². The third-order valence-electron chi connectivity index (χ3n) is 2.22. The van der Waals surface area contributed by atoms with Crippen molar-refractivity contribution in [2.45, 2.75) is 45.8 Å². The molecule has 0 bridgehead atoms. The molecule has 0 rings (SSSR count). The molecule has 0 radical (unpaired) electrons.